The Bertz CT molecular complexity index is 812. The van der Waals surface area contributed by atoms with E-state index in [4.69, 9.17) is 5.11 Å². The molecule has 9 heteroatoms. The van der Waals surface area contributed by atoms with Gasteiger partial charge in [0, 0.05) is 24.2 Å². The standard InChI is InChI=1S/C16H18N6O3/c1-11-6-7-22(19-11)14-4-2-12(3-5-14)16(25)17-8-13-9-21(20-18-13)10-15(23)24/h2-5,9H,6-8,10H2,1H3,(H,17,25)(H,23,24). The topological polar surface area (TPSA) is 113 Å². The number of nitrogens with zero attached hydrogens (tertiary/aromatic N) is 5. The van der Waals surface area contributed by atoms with E-state index in [2.05, 4.69) is 20.7 Å². The van der Waals surface area contributed by atoms with Crippen molar-refractivity contribution in [3.8, 4) is 0 Å². The number of anilines is 1. The van der Waals surface area contributed by atoms with Gasteiger partial charge in [0.1, 0.15) is 12.2 Å². The number of carboxylic acids is 1. The van der Waals surface area contributed by atoms with E-state index in [9.17, 15) is 9.59 Å². The summed E-state index contributed by atoms with van der Waals surface area (Å²) in [5, 5.41) is 25.3. The number of hydrazone groups is 1. The highest BCUT2D eigenvalue weighted by molar-refractivity contribution is 5.94. The maximum atomic E-state index is 12.2. The van der Waals surface area contributed by atoms with Crippen LogP contribution >= 0.6 is 0 Å². The fraction of sp³-hybridized carbons (Fsp3) is 0.312. The average Bonchev–Trinajstić information content (AvgIpc) is 3.21. The normalized spacial score (nSPS) is 13.6. The summed E-state index contributed by atoms with van der Waals surface area (Å²) in [6.45, 7) is 2.76. The molecule has 0 saturated carbocycles. The van der Waals surface area contributed by atoms with Crippen molar-refractivity contribution in [3.05, 3.63) is 41.7 Å². The molecule has 0 spiro atoms. The second kappa shape index (κ2) is 7.12. The Morgan fingerprint density at radius 3 is 2.68 bits per heavy atom. The van der Waals surface area contributed by atoms with Crippen molar-refractivity contribution in [1.82, 2.24) is 20.3 Å². The summed E-state index contributed by atoms with van der Waals surface area (Å²) in [4.78, 5) is 22.8. The summed E-state index contributed by atoms with van der Waals surface area (Å²) >= 11 is 0. The lowest BCUT2D eigenvalue weighted by Gasteiger charge is -2.13. The monoisotopic (exact) mass is 342 g/mol. The Balaban J connectivity index is 1.56. The van der Waals surface area contributed by atoms with E-state index in [1.54, 1.807) is 12.1 Å². The zero-order chi connectivity index (χ0) is 17.8. The second-order valence-corrected chi connectivity index (χ2v) is 5.74. The van der Waals surface area contributed by atoms with Crippen LogP contribution < -0.4 is 10.3 Å². The van der Waals surface area contributed by atoms with Crippen molar-refractivity contribution in [3.63, 3.8) is 0 Å². The number of nitrogens with one attached hydrogen (secondary N) is 1. The molecule has 1 aromatic heterocycles. The molecule has 25 heavy (non-hydrogen) atoms. The SMILES string of the molecule is CC1=NN(c2ccc(C(=O)NCc3cn(CC(=O)O)nn3)cc2)CC1. The quantitative estimate of drug-likeness (QED) is 0.806. The van der Waals surface area contributed by atoms with Gasteiger partial charge in [-0.25, -0.2) is 4.68 Å². The minimum Gasteiger partial charge on any atom is -0.480 e. The van der Waals surface area contributed by atoms with Gasteiger partial charge in [0.15, 0.2) is 0 Å². The fourth-order valence-electron chi connectivity index (χ4n) is 2.45. The van der Waals surface area contributed by atoms with Crippen molar-refractivity contribution in [2.24, 2.45) is 5.10 Å². The Hall–Kier alpha value is -3.23. The highest BCUT2D eigenvalue weighted by Gasteiger charge is 2.14. The molecule has 1 aromatic carbocycles. The van der Waals surface area contributed by atoms with Crippen molar-refractivity contribution >= 4 is 23.3 Å². The minimum absolute atomic E-state index is 0.176. The lowest BCUT2D eigenvalue weighted by atomic mass is 10.2. The van der Waals surface area contributed by atoms with E-state index in [0.717, 1.165) is 24.4 Å². The molecule has 1 aliphatic rings. The molecule has 1 aliphatic heterocycles. The predicted octanol–water partition coefficient (Wildman–Crippen LogP) is 0.879. The molecule has 9 nitrogen and oxygen atoms in total. The van der Waals surface area contributed by atoms with Gasteiger partial charge in [-0.05, 0) is 31.2 Å². The van der Waals surface area contributed by atoms with Gasteiger partial charge in [0.25, 0.3) is 5.91 Å². The molecule has 3 rings (SSSR count). The first kappa shape index (κ1) is 16.6. The number of rotatable bonds is 6. The lowest BCUT2D eigenvalue weighted by Crippen LogP contribution is -2.23. The van der Waals surface area contributed by atoms with Crippen LogP contribution in [0.25, 0.3) is 0 Å². The first-order valence-corrected chi connectivity index (χ1v) is 7.82. The van der Waals surface area contributed by atoms with Crippen molar-refractivity contribution < 1.29 is 14.7 Å². The van der Waals surface area contributed by atoms with Crippen LogP contribution in [-0.4, -0.2) is 44.2 Å². The molecule has 130 valence electrons. The van der Waals surface area contributed by atoms with Gasteiger partial charge in [-0.15, -0.1) is 5.10 Å². The number of hydrogen-bond acceptors (Lipinski definition) is 6. The van der Waals surface area contributed by atoms with Crippen molar-refractivity contribution in [1.29, 1.82) is 0 Å². The van der Waals surface area contributed by atoms with Gasteiger partial charge in [-0.3, -0.25) is 14.6 Å². The largest absolute Gasteiger partial charge is 0.480 e. The van der Waals surface area contributed by atoms with E-state index in [1.165, 1.54) is 10.9 Å². The van der Waals surface area contributed by atoms with Crippen LogP contribution in [0.4, 0.5) is 5.69 Å². The van der Waals surface area contributed by atoms with Crippen LogP contribution in [0.3, 0.4) is 0 Å². The van der Waals surface area contributed by atoms with Crippen LogP contribution in [-0.2, 0) is 17.9 Å². The molecule has 0 fully saturated rings. The minimum atomic E-state index is -1.00. The molecule has 0 saturated heterocycles. The number of carbonyl (C=O) groups excluding carboxylic acids is 1. The van der Waals surface area contributed by atoms with Crippen LogP contribution in [0, 0.1) is 0 Å². The van der Waals surface area contributed by atoms with Gasteiger partial charge in [-0.2, -0.15) is 5.10 Å². The van der Waals surface area contributed by atoms with Gasteiger partial charge in [-0.1, -0.05) is 5.21 Å². The van der Waals surface area contributed by atoms with Gasteiger partial charge in [0.05, 0.1) is 18.4 Å². The van der Waals surface area contributed by atoms with Crippen LogP contribution in [0.1, 0.15) is 29.4 Å². The molecule has 0 aliphatic carbocycles. The molecule has 2 N–H and O–H groups in total. The maximum absolute atomic E-state index is 12.2. The number of aliphatic carboxylic acids is 1. The third kappa shape index (κ3) is 4.19. The molecule has 0 unspecified atom stereocenters. The van der Waals surface area contributed by atoms with Crippen molar-refractivity contribution in [2.45, 2.75) is 26.4 Å². The fourth-order valence-corrected chi connectivity index (χ4v) is 2.45. The summed E-state index contributed by atoms with van der Waals surface area (Å²) in [6, 6.07) is 7.21. The maximum Gasteiger partial charge on any atom is 0.325 e. The molecule has 0 radical (unpaired) electrons. The summed E-state index contributed by atoms with van der Waals surface area (Å²) < 4.78 is 1.21. The number of hydrogen-bond donors (Lipinski definition) is 2. The van der Waals surface area contributed by atoms with Crippen LogP contribution in [0.5, 0.6) is 0 Å². The predicted molar refractivity (Wildman–Crippen MR) is 90.3 cm³/mol. The summed E-state index contributed by atoms with van der Waals surface area (Å²) in [7, 11) is 0. The third-order valence-electron chi connectivity index (χ3n) is 3.72. The van der Waals surface area contributed by atoms with Crippen LogP contribution in [0.15, 0.2) is 35.6 Å². The zero-order valence-electron chi connectivity index (χ0n) is 13.7. The summed E-state index contributed by atoms with van der Waals surface area (Å²) in [6.07, 6.45) is 2.44. The number of carboxylic acid groups (broad SMARTS) is 1. The molecule has 2 aromatic rings. The first-order chi connectivity index (χ1) is 12.0. The third-order valence-corrected chi connectivity index (χ3v) is 3.72. The Morgan fingerprint density at radius 1 is 1.28 bits per heavy atom. The van der Waals surface area contributed by atoms with Gasteiger partial charge >= 0.3 is 5.97 Å². The van der Waals surface area contributed by atoms with Gasteiger partial charge in [0.2, 0.25) is 0 Å². The average molecular weight is 342 g/mol. The molecular weight excluding hydrogens is 324 g/mol. The summed E-state index contributed by atoms with van der Waals surface area (Å²) in [5.74, 6) is -1.24. The summed E-state index contributed by atoms with van der Waals surface area (Å²) in [5.41, 5.74) is 3.07. The Morgan fingerprint density at radius 2 is 2.04 bits per heavy atom. The zero-order valence-corrected chi connectivity index (χ0v) is 13.7. The molecule has 0 bridgehead atoms. The second-order valence-electron chi connectivity index (χ2n) is 5.74. The Kier molecular flexibility index (Phi) is 4.73. The van der Waals surface area contributed by atoms with E-state index < -0.39 is 5.97 Å². The molecule has 1 amide bonds. The van der Waals surface area contributed by atoms with Crippen LogP contribution in [0.2, 0.25) is 0 Å². The van der Waals surface area contributed by atoms with E-state index >= 15 is 0 Å². The first-order valence-electron chi connectivity index (χ1n) is 7.82. The van der Waals surface area contributed by atoms with E-state index in [0.29, 0.717) is 11.3 Å². The number of aromatic nitrogens is 3. The smallest absolute Gasteiger partial charge is 0.325 e. The lowest BCUT2D eigenvalue weighted by molar-refractivity contribution is -0.137. The molecular formula is C16H18N6O3. The van der Waals surface area contributed by atoms with E-state index in [1.807, 2.05) is 24.1 Å². The van der Waals surface area contributed by atoms with Crippen molar-refractivity contribution in [2.75, 3.05) is 11.6 Å². The molecule has 2 heterocycles. The highest BCUT2D eigenvalue weighted by atomic mass is 16.4. The number of amides is 1. The number of carbonyl (C=O) groups is 2. The van der Waals surface area contributed by atoms with E-state index in [-0.39, 0.29) is 19.0 Å². The molecule has 0 atom stereocenters. The number of benzene rings is 1. The van der Waals surface area contributed by atoms with Gasteiger partial charge < -0.3 is 10.4 Å². The highest BCUT2D eigenvalue weighted by Crippen LogP contribution is 2.19. The Labute approximate surface area is 143 Å².